The summed E-state index contributed by atoms with van der Waals surface area (Å²) in [5, 5.41) is 5.02. The molecule has 0 unspecified atom stereocenters. The van der Waals surface area contributed by atoms with Crippen LogP contribution in [0.5, 0.6) is 11.5 Å². The van der Waals surface area contributed by atoms with Gasteiger partial charge < -0.3 is 14.8 Å². The van der Waals surface area contributed by atoms with Crippen molar-refractivity contribution in [3.63, 3.8) is 0 Å². The molecule has 0 spiro atoms. The number of amides is 1. The van der Waals surface area contributed by atoms with E-state index in [1.165, 1.54) is 6.08 Å². The third kappa shape index (κ3) is 4.42. The Labute approximate surface area is 153 Å². The van der Waals surface area contributed by atoms with Gasteiger partial charge in [0.15, 0.2) is 0 Å². The first-order chi connectivity index (χ1) is 12.8. The average Bonchev–Trinajstić information content (AvgIpc) is 2.70. The number of fused-ring (bicyclic) bond motifs is 1. The van der Waals surface area contributed by atoms with Gasteiger partial charge in [-0.2, -0.15) is 0 Å². The van der Waals surface area contributed by atoms with Gasteiger partial charge in [-0.05, 0) is 23.6 Å². The lowest BCUT2D eigenvalue weighted by Crippen LogP contribution is -2.26. The fraction of sp³-hybridized carbons (Fsp3) is 0.136. The van der Waals surface area contributed by atoms with Crippen molar-refractivity contribution in [1.82, 2.24) is 5.32 Å². The first kappa shape index (κ1) is 17.5. The van der Waals surface area contributed by atoms with E-state index in [0.29, 0.717) is 13.2 Å². The Kier molecular flexibility index (Phi) is 5.88. The summed E-state index contributed by atoms with van der Waals surface area (Å²) in [5.74, 6) is 1.38. The third-order valence-electron chi connectivity index (χ3n) is 3.96. The largest absolute Gasteiger partial charge is 0.496 e. The Balaban J connectivity index is 1.50. The van der Waals surface area contributed by atoms with Crippen LogP contribution in [-0.4, -0.2) is 26.2 Å². The van der Waals surface area contributed by atoms with Crippen molar-refractivity contribution in [2.24, 2.45) is 0 Å². The Hall–Kier alpha value is -3.27. The van der Waals surface area contributed by atoms with Crippen LogP contribution in [0.2, 0.25) is 0 Å². The van der Waals surface area contributed by atoms with Gasteiger partial charge in [0.25, 0.3) is 0 Å². The van der Waals surface area contributed by atoms with Gasteiger partial charge in [-0.15, -0.1) is 0 Å². The Bertz CT molecular complexity index is 913. The Morgan fingerprint density at radius 1 is 0.962 bits per heavy atom. The van der Waals surface area contributed by atoms with E-state index in [-0.39, 0.29) is 5.91 Å². The predicted molar refractivity (Wildman–Crippen MR) is 104 cm³/mol. The predicted octanol–water partition coefficient (Wildman–Crippen LogP) is 4.06. The zero-order chi connectivity index (χ0) is 18.2. The fourth-order valence-corrected chi connectivity index (χ4v) is 2.69. The van der Waals surface area contributed by atoms with Crippen LogP contribution in [0, 0.1) is 0 Å². The van der Waals surface area contributed by atoms with E-state index in [1.54, 1.807) is 13.2 Å². The normalized spacial score (nSPS) is 10.8. The highest BCUT2D eigenvalue weighted by Gasteiger charge is 2.02. The Morgan fingerprint density at radius 2 is 1.69 bits per heavy atom. The molecular weight excluding hydrogens is 326 g/mol. The summed E-state index contributed by atoms with van der Waals surface area (Å²) in [6.45, 7) is 0.834. The maximum atomic E-state index is 11.9. The highest BCUT2D eigenvalue weighted by Crippen LogP contribution is 2.24. The molecule has 3 aromatic rings. The lowest BCUT2D eigenvalue weighted by molar-refractivity contribution is -0.116. The lowest BCUT2D eigenvalue weighted by Gasteiger charge is -2.09. The zero-order valence-corrected chi connectivity index (χ0v) is 14.6. The van der Waals surface area contributed by atoms with Crippen molar-refractivity contribution >= 4 is 22.8 Å². The van der Waals surface area contributed by atoms with Gasteiger partial charge in [0.1, 0.15) is 18.1 Å². The summed E-state index contributed by atoms with van der Waals surface area (Å²) in [5.41, 5.74) is 0.858. The van der Waals surface area contributed by atoms with Crippen LogP contribution >= 0.6 is 0 Å². The molecule has 0 heterocycles. The SMILES string of the molecule is COc1ccccc1/C=C/C(=O)NCCOc1cccc2ccccc12. The van der Waals surface area contributed by atoms with E-state index < -0.39 is 0 Å². The molecule has 0 saturated carbocycles. The minimum absolute atomic E-state index is 0.169. The number of hydrogen-bond donors (Lipinski definition) is 1. The van der Waals surface area contributed by atoms with Crippen molar-refractivity contribution in [2.45, 2.75) is 0 Å². The molecule has 0 radical (unpaired) electrons. The number of benzene rings is 3. The molecule has 3 aromatic carbocycles. The fourth-order valence-electron chi connectivity index (χ4n) is 2.69. The van der Waals surface area contributed by atoms with Crippen LogP contribution in [0.1, 0.15) is 5.56 Å². The van der Waals surface area contributed by atoms with Gasteiger partial charge in [-0.25, -0.2) is 0 Å². The van der Waals surface area contributed by atoms with E-state index in [1.807, 2.05) is 66.7 Å². The second-order valence-electron chi connectivity index (χ2n) is 5.69. The number of carbonyl (C=O) groups excluding carboxylic acids is 1. The summed E-state index contributed by atoms with van der Waals surface area (Å²) in [6.07, 6.45) is 3.23. The van der Waals surface area contributed by atoms with Crippen molar-refractivity contribution in [2.75, 3.05) is 20.3 Å². The van der Waals surface area contributed by atoms with E-state index >= 15 is 0 Å². The Morgan fingerprint density at radius 3 is 2.58 bits per heavy atom. The van der Waals surface area contributed by atoms with Crippen LogP contribution in [0.15, 0.2) is 72.8 Å². The summed E-state index contributed by atoms with van der Waals surface area (Å²) >= 11 is 0. The molecule has 3 rings (SSSR count). The molecule has 0 aliphatic rings. The summed E-state index contributed by atoms with van der Waals surface area (Å²) in [6, 6.07) is 21.6. The number of carbonyl (C=O) groups is 1. The van der Waals surface area contributed by atoms with Crippen LogP contribution in [0.25, 0.3) is 16.8 Å². The quantitative estimate of drug-likeness (QED) is 0.518. The molecule has 0 aliphatic heterocycles. The molecule has 1 amide bonds. The minimum Gasteiger partial charge on any atom is -0.496 e. The lowest BCUT2D eigenvalue weighted by atomic mass is 10.1. The first-order valence-corrected chi connectivity index (χ1v) is 8.47. The van der Waals surface area contributed by atoms with Gasteiger partial charge in [-0.3, -0.25) is 4.79 Å². The molecule has 0 saturated heterocycles. The van der Waals surface area contributed by atoms with Crippen molar-refractivity contribution in [1.29, 1.82) is 0 Å². The minimum atomic E-state index is -0.169. The van der Waals surface area contributed by atoms with Crippen LogP contribution in [-0.2, 0) is 4.79 Å². The molecular formula is C22H21NO3. The summed E-state index contributed by atoms with van der Waals surface area (Å²) < 4.78 is 11.1. The summed E-state index contributed by atoms with van der Waals surface area (Å²) in [7, 11) is 1.61. The van der Waals surface area contributed by atoms with Gasteiger partial charge >= 0.3 is 0 Å². The average molecular weight is 347 g/mol. The van der Waals surface area contributed by atoms with Crippen LogP contribution in [0.3, 0.4) is 0 Å². The monoisotopic (exact) mass is 347 g/mol. The van der Waals surface area contributed by atoms with Crippen molar-refractivity contribution < 1.29 is 14.3 Å². The molecule has 0 atom stereocenters. The number of ether oxygens (including phenoxy) is 2. The summed E-state index contributed by atoms with van der Waals surface area (Å²) in [4.78, 5) is 11.9. The molecule has 0 bridgehead atoms. The second-order valence-corrected chi connectivity index (χ2v) is 5.69. The number of para-hydroxylation sites is 1. The maximum absolute atomic E-state index is 11.9. The van der Waals surface area contributed by atoms with E-state index in [0.717, 1.165) is 27.8 Å². The molecule has 1 N–H and O–H groups in total. The molecule has 0 aliphatic carbocycles. The highest BCUT2D eigenvalue weighted by atomic mass is 16.5. The number of hydrogen-bond acceptors (Lipinski definition) is 3. The van der Waals surface area contributed by atoms with Gasteiger partial charge in [0, 0.05) is 17.0 Å². The second kappa shape index (κ2) is 8.72. The van der Waals surface area contributed by atoms with Crippen molar-refractivity contribution in [3.8, 4) is 11.5 Å². The standard InChI is InChI=1S/C22H21NO3/c1-25-20-11-5-3-8-18(20)13-14-22(24)23-15-16-26-21-12-6-9-17-7-2-4-10-19(17)21/h2-14H,15-16H2,1H3,(H,23,24)/b14-13+. The highest BCUT2D eigenvalue weighted by molar-refractivity contribution is 5.92. The van der Waals surface area contributed by atoms with Crippen LogP contribution in [0.4, 0.5) is 0 Å². The van der Waals surface area contributed by atoms with Gasteiger partial charge in [-0.1, -0.05) is 54.6 Å². The first-order valence-electron chi connectivity index (χ1n) is 8.47. The smallest absolute Gasteiger partial charge is 0.244 e. The molecule has 26 heavy (non-hydrogen) atoms. The van der Waals surface area contributed by atoms with E-state index in [2.05, 4.69) is 5.32 Å². The molecule has 4 heteroatoms. The van der Waals surface area contributed by atoms with E-state index in [4.69, 9.17) is 9.47 Å². The van der Waals surface area contributed by atoms with E-state index in [9.17, 15) is 4.79 Å². The molecule has 4 nitrogen and oxygen atoms in total. The zero-order valence-electron chi connectivity index (χ0n) is 14.6. The third-order valence-corrected chi connectivity index (χ3v) is 3.96. The van der Waals surface area contributed by atoms with Crippen molar-refractivity contribution in [3.05, 3.63) is 78.4 Å². The maximum Gasteiger partial charge on any atom is 0.244 e. The molecule has 132 valence electrons. The van der Waals surface area contributed by atoms with Gasteiger partial charge in [0.2, 0.25) is 5.91 Å². The number of methoxy groups -OCH3 is 1. The van der Waals surface area contributed by atoms with Crippen LogP contribution < -0.4 is 14.8 Å². The molecule has 0 aromatic heterocycles. The van der Waals surface area contributed by atoms with Gasteiger partial charge in [0.05, 0.1) is 13.7 Å². The molecule has 0 fully saturated rings. The topological polar surface area (TPSA) is 47.6 Å². The number of nitrogens with one attached hydrogen (secondary N) is 1. The number of rotatable bonds is 7.